The Morgan fingerprint density at radius 3 is 3.09 bits per heavy atom. The molecular weight excluding hydrogens is 300 g/mol. The summed E-state index contributed by atoms with van der Waals surface area (Å²) in [5, 5.41) is 11.7. The molecule has 1 fully saturated rings. The second kappa shape index (κ2) is 7.00. The van der Waals surface area contributed by atoms with Crippen molar-refractivity contribution >= 4 is 17.7 Å². The van der Waals surface area contributed by atoms with Gasteiger partial charge in [-0.2, -0.15) is 0 Å². The van der Waals surface area contributed by atoms with Crippen LogP contribution in [0, 0.1) is 0 Å². The number of aromatic nitrogens is 3. The first kappa shape index (κ1) is 15.1. The average molecular weight is 320 g/mol. The van der Waals surface area contributed by atoms with Gasteiger partial charge in [-0.25, -0.2) is 0 Å². The van der Waals surface area contributed by atoms with Gasteiger partial charge < -0.3 is 14.3 Å². The Balaban J connectivity index is 1.58. The maximum absolute atomic E-state index is 12.2. The number of nitrogens with zero attached hydrogens (tertiary/aromatic N) is 3. The van der Waals surface area contributed by atoms with Crippen LogP contribution in [-0.4, -0.2) is 32.0 Å². The van der Waals surface area contributed by atoms with E-state index in [-0.39, 0.29) is 11.2 Å². The summed E-state index contributed by atoms with van der Waals surface area (Å²) in [7, 11) is 0. The third-order valence-corrected chi connectivity index (χ3v) is 4.93. The van der Waals surface area contributed by atoms with Gasteiger partial charge in [-0.3, -0.25) is 4.79 Å². The lowest BCUT2D eigenvalue weighted by molar-refractivity contribution is -0.120. The fraction of sp³-hybridized carbons (Fsp3) is 0.533. The highest BCUT2D eigenvalue weighted by atomic mass is 32.2. The SMILES string of the molecule is CC(Sc1nncn1Cc1ccco1)C(=O)NC1CCCC1. The molecule has 118 valence electrons. The summed E-state index contributed by atoms with van der Waals surface area (Å²) in [6, 6.07) is 4.10. The number of carbonyl (C=O) groups is 1. The number of nitrogens with one attached hydrogen (secondary N) is 1. The molecular formula is C15H20N4O2S. The zero-order chi connectivity index (χ0) is 15.4. The van der Waals surface area contributed by atoms with Crippen molar-refractivity contribution < 1.29 is 9.21 Å². The van der Waals surface area contributed by atoms with E-state index in [4.69, 9.17) is 4.42 Å². The van der Waals surface area contributed by atoms with Crippen molar-refractivity contribution in [2.45, 2.75) is 55.6 Å². The normalized spacial score (nSPS) is 16.8. The summed E-state index contributed by atoms with van der Waals surface area (Å²) in [4.78, 5) is 12.2. The molecule has 0 aliphatic heterocycles. The van der Waals surface area contributed by atoms with Crippen LogP contribution in [0.4, 0.5) is 0 Å². The molecule has 0 spiro atoms. The van der Waals surface area contributed by atoms with Crippen molar-refractivity contribution in [3.8, 4) is 0 Å². The van der Waals surface area contributed by atoms with E-state index in [1.54, 1.807) is 12.6 Å². The number of furan rings is 1. The Morgan fingerprint density at radius 2 is 2.36 bits per heavy atom. The molecule has 1 N–H and O–H groups in total. The van der Waals surface area contributed by atoms with Crippen molar-refractivity contribution in [2.24, 2.45) is 0 Å². The molecule has 1 unspecified atom stereocenters. The van der Waals surface area contributed by atoms with E-state index in [0.29, 0.717) is 12.6 Å². The first-order valence-electron chi connectivity index (χ1n) is 7.59. The van der Waals surface area contributed by atoms with Gasteiger partial charge in [-0.15, -0.1) is 10.2 Å². The lowest BCUT2D eigenvalue weighted by Crippen LogP contribution is -2.37. The summed E-state index contributed by atoms with van der Waals surface area (Å²) in [6.07, 6.45) is 7.92. The van der Waals surface area contributed by atoms with Crippen LogP contribution in [0.15, 0.2) is 34.3 Å². The van der Waals surface area contributed by atoms with Crippen LogP contribution in [0.25, 0.3) is 0 Å². The Morgan fingerprint density at radius 1 is 1.55 bits per heavy atom. The minimum absolute atomic E-state index is 0.0736. The first-order chi connectivity index (χ1) is 10.7. The Hall–Kier alpha value is -1.76. The first-order valence-corrected chi connectivity index (χ1v) is 8.47. The zero-order valence-corrected chi connectivity index (χ0v) is 13.4. The van der Waals surface area contributed by atoms with Gasteiger partial charge in [0.2, 0.25) is 5.91 Å². The van der Waals surface area contributed by atoms with E-state index in [1.807, 2.05) is 23.6 Å². The van der Waals surface area contributed by atoms with Gasteiger partial charge in [0.25, 0.3) is 0 Å². The van der Waals surface area contributed by atoms with E-state index in [2.05, 4.69) is 15.5 Å². The second-order valence-corrected chi connectivity index (χ2v) is 6.88. The molecule has 2 heterocycles. The molecule has 0 saturated heterocycles. The van der Waals surface area contributed by atoms with E-state index < -0.39 is 0 Å². The molecule has 7 heteroatoms. The number of thioether (sulfide) groups is 1. The molecule has 22 heavy (non-hydrogen) atoms. The van der Waals surface area contributed by atoms with E-state index in [9.17, 15) is 4.79 Å². The topological polar surface area (TPSA) is 73.0 Å². The molecule has 6 nitrogen and oxygen atoms in total. The summed E-state index contributed by atoms with van der Waals surface area (Å²) in [5.41, 5.74) is 0. The highest BCUT2D eigenvalue weighted by Gasteiger charge is 2.22. The van der Waals surface area contributed by atoms with E-state index in [1.165, 1.54) is 24.6 Å². The zero-order valence-electron chi connectivity index (χ0n) is 12.6. The van der Waals surface area contributed by atoms with Crippen LogP contribution in [0.1, 0.15) is 38.4 Å². The smallest absolute Gasteiger partial charge is 0.233 e. The molecule has 3 rings (SSSR count). The number of hydrogen-bond donors (Lipinski definition) is 1. The van der Waals surface area contributed by atoms with Gasteiger partial charge >= 0.3 is 0 Å². The van der Waals surface area contributed by atoms with Gasteiger partial charge in [0.1, 0.15) is 12.1 Å². The summed E-state index contributed by atoms with van der Waals surface area (Å²) < 4.78 is 7.23. The van der Waals surface area contributed by atoms with Gasteiger partial charge in [-0.05, 0) is 31.9 Å². The quantitative estimate of drug-likeness (QED) is 0.828. The molecule has 1 aliphatic rings. The molecule has 0 bridgehead atoms. The van der Waals surface area contributed by atoms with Crippen LogP contribution in [0.2, 0.25) is 0 Å². The fourth-order valence-electron chi connectivity index (χ4n) is 2.61. The monoisotopic (exact) mass is 320 g/mol. The Labute approximate surface area is 133 Å². The van der Waals surface area contributed by atoms with Crippen molar-refractivity contribution in [3.05, 3.63) is 30.5 Å². The number of rotatable bonds is 6. The average Bonchev–Trinajstić information content (AvgIpc) is 3.23. The Bertz CT molecular complexity index is 605. The maximum Gasteiger partial charge on any atom is 0.233 e. The molecule has 1 atom stereocenters. The van der Waals surface area contributed by atoms with Gasteiger partial charge in [0.05, 0.1) is 18.1 Å². The van der Waals surface area contributed by atoms with Gasteiger partial charge in [0.15, 0.2) is 5.16 Å². The molecule has 0 aromatic carbocycles. The van der Waals surface area contributed by atoms with Crippen molar-refractivity contribution in [3.63, 3.8) is 0 Å². The molecule has 1 saturated carbocycles. The van der Waals surface area contributed by atoms with Crippen molar-refractivity contribution in [2.75, 3.05) is 0 Å². The van der Waals surface area contributed by atoms with Crippen molar-refractivity contribution in [1.29, 1.82) is 0 Å². The minimum Gasteiger partial charge on any atom is -0.467 e. The van der Waals surface area contributed by atoms with Gasteiger partial charge in [0, 0.05) is 6.04 Å². The third-order valence-electron chi connectivity index (χ3n) is 3.84. The highest BCUT2D eigenvalue weighted by Crippen LogP contribution is 2.23. The second-order valence-electron chi connectivity index (χ2n) is 5.57. The molecule has 2 aromatic heterocycles. The van der Waals surface area contributed by atoms with Crippen LogP contribution in [0.5, 0.6) is 0 Å². The third kappa shape index (κ3) is 3.71. The minimum atomic E-state index is -0.194. The lowest BCUT2D eigenvalue weighted by Gasteiger charge is -2.16. The standard InChI is InChI=1S/C15H20N4O2S/c1-11(14(20)17-12-5-2-3-6-12)22-15-18-16-10-19(15)9-13-7-4-8-21-13/h4,7-8,10-12H,2-3,5-6,9H2,1H3,(H,17,20). The summed E-state index contributed by atoms with van der Waals surface area (Å²) >= 11 is 1.43. The van der Waals surface area contributed by atoms with Crippen LogP contribution >= 0.6 is 11.8 Å². The number of amides is 1. The summed E-state index contributed by atoms with van der Waals surface area (Å²) in [5.74, 6) is 0.911. The molecule has 0 radical (unpaired) electrons. The molecule has 1 aliphatic carbocycles. The fourth-order valence-corrected chi connectivity index (χ4v) is 3.45. The molecule has 1 amide bonds. The largest absolute Gasteiger partial charge is 0.467 e. The predicted octanol–water partition coefficient (Wildman–Crippen LogP) is 2.46. The van der Waals surface area contributed by atoms with Crippen molar-refractivity contribution in [1.82, 2.24) is 20.1 Å². The maximum atomic E-state index is 12.2. The van der Waals surface area contributed by atoms with E-state index in [0.717, 1.165) is 23.8 Å². The van der Waals surface area contributed by atoms with E-state index >= 15 is 0 Å². The lowest BCUT2D eigenvalue weighted by atomic mass is 10.2. The molecule has 2 aromatic rings. The van der Waals surface area contributed by atoms with Crippen LogP contribution in [-0.2, 0) is 11.3 Å². The predicted molar refractivity (Wildman–Crippen MR) is 83.5 cm³/mol. The van der Waals surface area contributed by atoms with Crippen LogP contribution in [0.3, 0.4) is 0 Å². The van der Waals surface area contributed by atoms with Crippen LogP contribution < -0.4 is 5.32 Å². The Kier molecular flexibility index (Phi) is 4.82. The summed E-state index contributed by atoms with van der Waals surface area (Å²) in [6.45, 7) is 2.47. The van der Waals surface area contributed by atoms with Gasteiger partial charge in [-0.1, -0.05) is 24.6 Å². The highest BCUT2D eigenvalue weighted by molar-refractivity contribution is 8.00. The number of carbonyl (C=O) groups excluding carboxylic acids is 1. The number of hydrogen-bond acceptors (Lipinski definition) is 5.